The molecule has 0 spiro atoms. The number of rotatable bonds is 17. The molecule has 0 aliphatic carbocycles. The quantitative estimate of drug-likeness (QED) is 0.0674. The van der Waals surface area contributed by atoms with Crippen molar-refractivity contribution in [2.45, 2.75) is 95.3 Å². The average molecular weight is 702 g/mol. The molecule has 1 N–H and O–H groups in total. The molecular formula is C41H52ClNO3SSi. The van der Waals surface area contributed by atoms with E-state index >= 15 is 0 Å². The Morgan fingerprint density at radius 3 is 2.54 bits per heavy atom. The van der Waals surface area contributed by atoms with Gasteiger partial charge in [0.25, 0.3) is 0 Å². The third kappa shape index (κ3) is 12.2. The number of pyridine rings is 1. The summed E-state index contributed by atoms with van der Waals surface area (Å²) < 4.78 is 5.82. The van der Waals surface area contributed by atoms with Gasteiger partial charge < -0.3 is 9.84 Å². The lowest BCUT2D eigenvalue weighted by Gasteiger charge is -2.22. The van der Waals surface area contributed by atoms with Gasteiger partial charge in [0.05, 0.1) is 29.3 Å². The Balaban J connectivity index is 1.52. The normalized spacial score (nSPS) is 13.6. The molecule has 0 bridgehead atoms. The van der Waals surface area contributed by atoms with Crippen LogP contribution in [0.4, 0.5) is 0 Å². The lowest BCUT2D eigenvalue weighted by molar-refractivity contribution is -0.145. The number of ether oxygens (including phenoxy) is 1. The molecule has 1 aromatic heterocycles. The van der Waals surface area contributed by atoms with Gasteiger partial charge in [-0.3, -0.25) is 4.79 Å². The van der Waals surface area contributed by atoms with Gasteiger partial charge in [-0.05, 0) is 104 Å². The fraction of sp³-hybridized carbons (Fsp3) is 0.415. The highest BCUT2D eigenvalue weighted by Crippen LogP contribution is 2.36. The van der Waals surface area contributed by atoms with Crippen molar-refractivity contribution in [3.8, 4) is 0 Å². The van der Waals surface area contributed by atoms with E-state index in [1.807, 2.05) is 55.9 Å². The smallest absolute Gasteiger partial charge is 0.313 e. The van der Waals surface area contributed by atoms with Gasteiger partial charge in [0.2, 0.25) is 0 Å². The Kier molecular flexibility index (Phi) is 13.9. The molecule has 0 amide bonds. The number of nitrogens with zero attached hydrogens (tertiary/aromatic N) is 1. The molecule has 1 heterocycles. The average Bonchev–Trinajstić information content (AvgIpc) is 3.03. The second-order valence-corrected chi connectivity index (χ2v) is 21.9. The van der Waals surface area contributed by atoms with Crippen LogP contribution in [0.1, 0.15) is 85.6 Å². The van der Waals surface area contributed by atoms with Gasteiger partial charge in [0.1, 0.15) is 0 Å². The van der Waals surface area contributed by atoms with E-state index in [0.717, 1.165) is 65.2 Å². The third-order valence-electron chi connectivity index (χ3n) is 8.55. The van der Waals surface area contributed by atoms with Crippen LogP contribution < -0.4 is 0 Å². The van der Waals surface area contributed by atoms with Crippen molar-refractivity contribution in [1.29, 1.82) is 0 Å². The number of halogens is 1. The molecule has 4 rings (SSSR count). The summed E-state index contributed by atoms with van der Waals surface area (Å²) in [5, 5.41) is 12.3. The van der Waals surface area contributed by atoms with Gasteiger partial charge in [0.15, 0.2) is 0 Å². The number of benzene rings is 3. The fourth-order valence-electron chi connectivity index (χ4n) is 5.78. The summed E-state index contributed by atoms with van der Waals surface area (Å²) in [6, 6.07) is 28.0. The van der Waals surface area contributed by atoms with Crippen LogP contribution in [-0.4, -0.2) is 42.1 Å². The second kappa shape index (κ2) is 17.7. The van der Waals surface area contributed by atoms with Crippen LogP contribution in [0.15, 0.2) is 78.9 Å². The summed E-state index contributed by atoms with van der Waals surface area (Å²) >= 11 is 8.16. The van der Waals surface area contributed by atoms with Gasteiger partial charge in [-0.25, -0.2) is 4.98 Å². The third-order valence-corrected chi connectivity index (χ3v) is 11.9. The zero-order chi connectivity index (χ0) is 34.7. The SMILES string of the molecule is CCC(C(=O)OCC[Si](C)(C)C)c1ccccc1CC[C@@H](SCCCC(C)(C)O)c1cccc(/C=C/c2ccc3ccc(Cl)cc3n2)c1. The zero-order valence-electron chi connectivity index (χ0n) is 29.5. The number of carbonyl (C=O) groups excluding carboxylic acids is 1. The number of aromatic nitrogens is 1. The van der Waals surface area contributed by atoms with E-state index in [0.29, 0.717) is 18.1 Å². The molecule has 256 valence electrons. The van der Waals surface area contributed by atoms with Crippen LogP contribution in [0.3, 0.4) is 0 Å². The van der Waals surface area contributed by atoms with E-state index in [-0.39, 0.29) is 17.1 Å². The number of fused-ring (bicyclic) bond motifs is 1. The van der Waals surface area contributed by atoms with Crippen molar-refractivity contribution in [3.05, 3.63) is 112 Å². The van der Waals surface area contributed by atoms with Gasteiger partial charge in [0, 0.05) is 23.7 Å². The van der Waals surface area contributed by atoms with E-state index in [9.17, 15) is 9.90 Å². The molecule has 4 aromatic rings. The summed E-state index contributed by atoms with van der Waals surface area (Å²) in [7, 11) is -1.29. The molecule has 0 fully saturated rings. The molecule has 4 nitrogen and oxygen atoms in total. The van der Waals surface area contributed by atoms with E-state index in [4.69, 9.17) is 21.3 Å². The summed E-state index contributed by atoms with van der Waals surface area (Å²) in [6.45, 7) is 13.2. The lowest BCUT2D eigenvalue weighted by Crippen LogP contribution is -2.24. The summed E-state index contributed by atoms with van der Waals surface area (Å²) in [4.78, 5) is 18.0. The first kappa shape index (κ1) is 37.9. The highest BCUT2D eigenvalue weighted by Gasteiger charge is 2.24. The van der Waals surface area contributed by atoms with Gasteiger partial charge in [-0.15, -0.1) is 0 Å². The number of hydrogen-bond acceptors (Lipinski definition) is 5. The molecular weight excluding hydrogens is 650 g/mol. The Morgan fingerprint density at radius 2 is 1.79 bits per heavy atom. The predicted octanol–water partition coefficient (Wildman–Crippen LogP) is 11.4. The molecule has 1 unspecified atom stereocenters. The van der Waals surface area contributed by atoms with Crippen LogP contribution in [-0.2, 0) is 16.0 Å². The molecule has 48 heavy (non-hydrogen) atoms. The van der Waals surface area contributed by atoms with E-state index in [2.05, 4.69) is 87.2 Å². The standard InChI is InChI=1S/C41H52ClNO3SSi/c1-7-36(40(44)46-25-27-48(4,5)6)37-15-9-8-13-31(37)19-23-39(47-26-11-24-41(2,3)45)33-14-10-12-30(28-33)16-21-35-22-18-32-17-20-34(42)29-38(32)43-35/h8-10,12-18,20-22,28-29,36,39,45H,7,11,19,23-27H2,1-6H3/b21-16+/t36?,39-/m1/s1. The molecule has 0 saturated carbocycles. The van der Waals surface area contributed by atoms with Gasteiger partial charge in [-0.1, -0.05) is 105 Å². The van der Waals surface area contributed by atoms with Crippen molar-refractivity contribution >= 4 is 60.5 Å². The van der Waals surface area contributed by atoms with Crippen molar-refractivity contribution in [1.82, 2.24) is 4.98 Å². The first-order valence-electron chi connectivity index (χ1n) is 17.2. The van der Waals surface area contributed by atoms with Crippen LogP contribution >= 0.6 is 23.4 Å². The fourth-order valence-corrected chi connectivity index (χ4v) is 7.88. The van der Waals surface area contributed by atoms with Crippen molar-refractivity contribution in [3.63, 3.8) is 0 Å². The molecule has 7 heteroatoms. The first-order valence-corrected chi connectivity index (χ1v) is 22.4. The Hall–Kier alpha value is -2.90. The maximum Gasteiger partial charge on any atom is 0.313 e. The maximum absolute atomic E-state index is 13.3. The number of hydrogen-bond donors (Lipinski definition) is 1. The monoisotopic (exact) mass is 701 g/mol. The highest BCUT2D eigenvalue weighted by atomic mass is 35.5. The number of aryl methyl sites for hydroxylation is 1. The van der Waals surface area contributed by atoms with E-state index in [1.54, 1.807) is 0 Å². The number of esters is 1. The van der Waals surface area contributed by atoms with Crippen molar-refractivity contribution in [2.75, 3.05) is 12.4 Å². The maximum atomic E-state index is 13.3. The minimum atomic E-state index is -1.29. The number of thioether (sulfide) groups is 1. The molecule has 0 aliphatic heterocycles. The van der Waals surface area contributed by atoms with Gasteiger partial charge in [-0.2, -0.15) is 11.8 Å². The number of aliphatic hydroxyl groups is 1. The molecule has 0 saturated heterocycles. The van der Waals surface area contributed by atoms with Crippen molar-refractivity contribution < 1.29 is 14.6 Å². The zero-order valence-corrected chi connectivity index (χ0v) is 32.0. The van der Waals surface area contributed by atoms with Crippen LogP contribution in [0.2, 0.25) is 30.7 Å². The Labute approximate surface area is 298 Å². The van der Waals surface area contributed by atoms with E-state index in [1.165, 1.54) is 11.1 Å². The lowest BCUT2D eigenvalue weighted by atomic mass is 9.89. The number of carbonyl (C=O) groups is 1. The van der Waals surface area contributed by atoms with Crippen LogP contribution in [0, 0.1) is 0 Å². The molecule has 0 radical (unpaired) electrons. The molecule has 3 aromatic carbocycles. The van der Waals surface area contributed by atoms with Crippen LogP contribution in [0.25, 0.3) is 23.1 Å². The Bertz CT molecular complexity index is 1680. The van der Waals surface area contributed by atoms with Crippen LogP contribution in [0.5, 0.6) is 0 Å². The predicted molar refractivity (Wildman–Crippen MR) is 210 cm³/mol. The minimum Gasteiger partial charge on any atom is -0.466 e. The summed E-state index contributed by atoms with van der Waals surface area (Å²) in [6.07, 6.45) is 8.39. The second-order valence-electron chi connectivity index (χ2n) is 14.5. The molecule has 0 aliphatic rings. The highest BCUT2D eigenvalue weighted by molar-refractivity contribution is 7.99. The largest absolute Gasteiger partial charge is 0.466 e. The first-order chi connectivity index (χ1) is 22.8. The minimum absolute atomic E-state index is 0.107. The topological polar surface area (TPSA) is 59.4 Å². The summed E-state index contributed by atoms with van der Waals surface area (Å²) in [5.41, 5.74) is 5.80. The van der Waals surface area contributed by atoms with E-state index < -0.39 is 13.7 Å². The molecule has 2 atom stereocenters. The van der Waals surface area contributed by atoms with Gasteiger partial charge >= 0.3 is 5.97 Å². The van der Waals surface area contributed by atoms with Crippen molar-refractivity contribution in [2.24, 2.45) is 0 Å². The Morgan fingerprint density at radius 1 is 1.02 bits per heavy atom. The summed E-state index contributed by atoms with van der Waals surface area (Å²) in [5.74, 6) is 0.596.